The van der Waals surface area contributed by atoms with Crippen molar-refractivity contribution >= 4 is 49.6 Å². The zero-order valence-corrected chi connectivity index (χ0v) is 16.4. The predicted molar refractivity (Wildman–Crippen MR) is 108 cm³/mol. The molecule has 0 radical (unpaired) electrons. The smallest absolute Gasteiger partial charge is 0.223 e. The summed E-state index contributed by atoms with van der Waals surface area (Å²) in [6.07, 6.45) is 2.54. The van der Waals surface area contributed by atoms with Crippen molar-refractivity contribution in [3.63, 3.8) is 0 Å². The number of carbonyl (C=O) groups excluding carboxylic acids is 1. The number of hydrogen-bond donors (Lipinski definition) is 2. The van der Waals surface area contributed by atoms with Gasteiger partial charge in [-0.05, 0) is 39.5 Å². The molecule has 1 aliphatic heterocycles. The van der Waals surface area contributed by atoms with Crippen molar-refractivity contribution in [1.29, 1.82) is 0 Å². The van der Waals surface area contributed by atoms with E-state index in [9.17, 15) is 4.79 Å². The molecule has 6 nitrogen and oxygen atoms in total. The minimum Gasteiger partial charge on any atom is -0.353 e. The van der Waals surface area contributed by atoms with E-state index in [-0.39, 0.29) is 6.17 Å². The number of hydrogen-bond acceptors (Lipinski definition) is 7. The molecule has 26 heavy (non-hydrogen) atoms. The van der Waals surface area contributed by atoms with Gasteiger partial charge in [0.25, 0.3) is 0 Å². The van der Waals surface area contributed by atoms with E-state index < -0.39 is 0 Å². The van der Waals surface area contributed by atoms with Crippen molar-refractivity contribution in [3.05, 3.63) is 41.0 Å². The summed E-state index contributed by atoms with van der Waals surface area (Å²) in [4.78, 5) is 23.2. The van der Waals surface area contributed by atoms with Gasteiger partial charge in [-0.2, -0.15) is 0 Å². The van der Waals surface area contributed by atoms with Gasteiger partial charge in [0.15, 0.2) is 6.29 Å². The lowest BCUT2D eigenvalue weighted by molar-refractivity contribution is -0.112. The van der Waals surface area contributed by atoms with Crippen LogP contribution < -0.4 is 10.6 Å². The van der Waals surface area contributed by atoms with E-state index in [0.717, 1.165) is 41.0 Å². The van der Waals surface area contributed by atoms with Crippen LogP contribution in [-0.2, 0) is 4.79 Å². The Bertz CT molecular complexity index is 931. The first-order valence-corrected chi connectivity index (χ1v) is 10.0. The molecule has 0 aliphatic carbocycles. The Kier molecular flexibility index (Phi) is 5.26. The van der Waals surface area contributed by atoms with Crippen molar-refractivity contribution in [1.82, 2.24) is 20.2 Å². The molecule has 3 aromatic rings. The lowest BCUT2D eigenvalue weighted by Crippen LogP contribution is -2.39. The molecule has 1 aromatic carbocycles. The van der Waals surface area contributed by atoms with Crippen LogP contribution in [0, 0.1) is 0 Å². The van der Waals surface area contributed by atoms with Gasteiger partial charge in [-0.15, -0.1) is 11.3 Å². The number of aromatic nitrogens is 2. The maximum absolute atomic E-state index is 11.0. The molecule has 0 amide bonds. The molecule has 1 fully saturated rings. The van der Waals surface area contributed by atoms with Gasteiger partial charge in [0.1, 0.15) is 6.17 Å². The lowest BCUT2D eigenvalue weighted by Gasteiger charge is -2.19. The highest BCUT2D eigenvalue weighted by atomic mass is 79.9. The highest BCUT2D eigenvalue weighted by Crippen LogP contribution is 2.36. The van der Waals surface area contributed by atoms with Crippen LogP contribution in [0.2, 0.25) is 0 Å². The number of carbonyl (C=O) groups is 1. The summed E-state index contributed by atoms with van der Waals surface area (Å²) in [5.41, 5.74) is 0.907. The molecule has 0 spiro atoms. The quantitative estimate of drug-likeness (QED) is 0.584. The Labute approximate surface area is 163 Å². The van der Waals surface area contributed by atoms with Crippen LogP contribution >= 0.6 is 27.3 Å². The third-order valence-corrected chi connectivity index (χ3v) is 6.49. The number of fused-ring (bicyclic) bond motifs is 1. The first kappa shape index (κ1) is 17.5. The largest absolute Gasteiger partial charge is 0.353 e. The van der Waals surface area contributed by atoms with Crippen LogP contribution in [0.4, 0.5) is 5.95 Å². The van der Waals surface area contributed by atoms with Crippen LogP contribution in [0.25, 0.3) is 20.7 Å². The highest BCUT2D eigenvalue weighted by Gasteiger charge is 2.22. The molecule has 0 bridgehead atoms. The molecule has 8 heteroatoms. The van der Waals surface area contributed by atoms with Crippen molar-refractivity contribution in [2.24, 2.45) is 0 Å². The van der Waals surface area contributed by atoms with E-state index in [4.69, 9.17) is 0 Å². The van der Waals surface area contributed by atoms with Crippen LogP contribution in [0.1, 0.15) is 0 Å². The van der Waals surface area contributed by atoms with Gasteiger partial charge in [-0.25, -0.2) is 9.97 Å². The molecule has 134 valence electrons. The monoisotopic (exact) mass is 431 g/mol. The third-order valence-electron chi connectivity index (χ3n) is 4.36. The zero-order valence-electron chi connectivity index (χ0n) is 14.0. The highest BCUT2D eigenvalue weighted by molar-refractivity contribution is 9.10. The van der Waals surface area contributed by atoms with Gasteiger partial charge in [0.2, 0.25) is 5.95 Å². The average molecular weight is 432 g/mol. The Hall–Kier alpha value is -1.87. The second-order valence-electron chi connectivity index (χ2n) is 6.03. The fourth-order valence-electron chi connectivity index (χ4n) is 3.06. The molecule has 1 atom stereocenters. The maximum atomic E-state index is 11.0. The molecular weight excluding hydrogens is 414 g/mol. The fraction of sp³-hybridized carbons (Fsp3) is 0.278. The van der Waals surface area contributed by atoms with E-state index in [1.165, 1.54) is 10.1 Å². The number of anilines is 1. The Morgan fingerprint density at radius 3 is 3.19 bits per heavy atom. The lowest BCUT2D eigenvalue weighted by atomic mass is 10.2. The number of benzene rings is 1. The second kappa shape index (κ2) is 7.79. The van der Waals surface area contributed by atoms with E-state index >= 15 is 0 Å². The summed E-state index contributed by atoms with van der Waals surface area (Å²) in [6, 6.07) is 10.3. The summed E-state index contributed by atoms with van der Waals surface area (Å²) < 4.78 is 2.32. The summed E-state index contributed by atoms with van der Waals surface area (Å²) in [6.45, 7) is 3.17. The fourth-order valence-corrected chi connectivity index (χ4v) is 4.71. The Balaban J connectivity index is 1.46. The molecule has 2 aromatic heterocycles. The Morgan fingerprint density at radius 2 is 2.35 bits per heavy atom. The first-order chi connectivity index (χ1) is 12.7. The second-order valence-corrected chi connectivity index (χ2v) is 7.94. The minimum atomic E-state index is -0.180. The predicted octanol–water partition coefficient (Wildman–Crippen LogP) is 2.96. The van der Waals surface area contributed by atoms with E-state index in [1.54, 1.807) is 17.5 Å². The maximum Gasteiger partial charge on any atom is 0.223 e. The van der Waals surface area contributed by atoms with Crippen molar-refractivity contribution in [2.75, 3.05) is 31.5 Å². The van der Waals surface area contributed by atoms with Gasteiger partial charge in [0, 0.05) is 41.5 Å². The first-order valence-electron chi connectivity index (χ1n) is 8.43. The average Bonchev–Trinajstić information content (AvgIpc) is 3.29. The van der Waals surface area contributed by atoms with E-state index in [0.29, 0.717) is 12.5 Å². The minimum absolute atomic E-state index is 0.180. The topological polar surface area (TPSA) is 70.2 Å². The SMILES string of the molecule is O=CC1NCCN1CCNc1nccc(-c2cc3cccc(Br)c3s2)n1. The number of nitrogens with one attached hydrogen (secondary N) is 2. The summed E-state index contributed by atoms with van der Waals surface area (Å²) in [5, 5.41) is 7.61. The number of halogens is 1. The molecule has 1 saturated heterocycles. The van der Waals surface area contributed by atoms with Gasteiger partial charge >= 0.3 is 0 Å². The van der Waals surface area contributed by atoms with Gasteiger partial charge in [0.05, 0.1) is 10.6 Å². The van der Waals surface area contributed by atoms with Gasteiger partial charge in [-0.1, -0.05) is 12.1 Å². The molecule has 0 saturated carbocycles. The van der Waals surface area contributed by atoms with Crippen LogP contribution in [0.5, 0.6) is 0 Å². The molecule has 2 N–H and O–H groups in total. The number of rotatable bonds is 6. The molecule has 4 rings (SSSR count). The summed E-state index contributed by atoms with van der Waals surface area (Å²) in [7, 11) is 0. The standard InChI is InChI=1S/C18H18BrN5OS/c19-13-3-1-2-12-10-15(26-17(12)13)14-4-5-21-18(23-14)22-7-9-24-8-6-20-16(24)11-25/h1-5,10-11,16,20H,6-9H2,(H,21,22,23). The number of thiophene rings is 1. The van der Waals surface area contributed by atoms with Crippen LogP contribution in [0.15, 0.2) is 41.0 Å². The van der Waals surface area contributed by atoms with Crippen molar-refractivity contribution < 1.29 is 4.79 Å². The van der Waals surface area contributed by atoms with E-state index in [1.807, 2.05) is 12.1 Å². The van der Waals surface area contributed by atoms with Crippen LogP contribution in [0.3, 0.4) is 0 Å². The van der Waals surface area contributed by atoms with Gasteiger partial charge < -0.3 is 10.1 Å². The van der Waals surface area contributed by atoms with Crippen LogP contribution in [-0.4, -0.2) is 53.5 Å². The molecule has 3 heterocycles. The molecule has 1 unspecified atom stereocenters. The Morgan fingerprint density at radius 1 is 1.42 bits per heavy atom. The van der Waals surface area contributed by atoms with Crippen molar-refractivity contribution in [3.8, 4) is 10.6 Å². The normalized spacial score (nSPS) is 17.7. The van der Waals surface area contributed by atoms with Crippen molar-refractivity contribution in [2.45, 2.75) is 6.17 Å². The summed E-state index contributed by atoms with van der Waals surface area (Å²) >= 11 is 5.32. The third kappa shape index (κ3) is 3.64. The van der Waals surface area contributed by atoms with Gasteiger partial charge in [-0.3, -0.25) is 10.2 Å². The van der Waals surface area contributed by atoms with E-state index in [2.05, 4.69) is 59.6 Å². The molecule has 1 aliphatic rings. The number of aldehydes is 1. The molecular formula is C18H18BrN5OS. The number of nitrogens with zero attached hydrogens (tertiary/aromatic N) is 3. The summed E-state index contributed by atoms with van der Waals surface area (Å²) in [5.74, 6) is 0.605. The zero-order chi connectivity index (χ0) is 17.9.